The average Bonchev–Trinajstić information content (AvgIpc) is 2.74. The van der Waals surface area contributed by atoms with Crippen LogP contribution in [0.1, 0.15) is 42.1 Å². The van der Waals surface area contributed by atoms with Crippen LogP contribution in [0.2, 0.25) is 0 Å². The van der Waals surface area contributed by atoms with Crippen molar-refractivity contribution < 1.29 is 8.42 Å². The lowest BCUT2D eigenvalue weighted by Gasteiger charge is -2.24. The number of hydrogen-bond acceptors (Lipinski definition) is 3. The van der Waals surface area contributed by atoms with Gasteiger partial charge in [-0.25, -0.2) is 8.42 Å². The zero-order valence-corrected chi connectivity index (χ0v) is 15.4. The number of rotatable bonds is 3. The third-order valence-electron chi connectivity index (χ3n) is 4.95. The van der Waals surface area contributed by atoms with Crippen LogP contribution in [-0.4, -0.2) is 35.6 Å². The normalized spacial score (nSPS) is 20.0. The first-order valence-electron chi connectivity index (χ1n) is 8.46. The Balaban J connectivity index is 1.95. The molecule has 0 N–H and O–H groups in total. The second kappa shape index (κ2) is 6.69. The Kier molecular flexibility index (Phi) is 4.78. The molecule has 1 aliphatic rings. The van der Waals surface area contributed by atoms with Crippen LogP contribution in [0.15, 0.2) is 35.2 Å². The summed E-state index contributed by atoms with van der Waals surface area (Å²) in [6.45, 7) is 4.71. The van der Waals surface area contributed by atoms with Gasteiger partial charge in [0, 0.05) is 20.1 Å². The molecule has 0 amide bonds. The minimum atomic E-state index is -3.52. The van der Waals surface area contributed by atoms with Crippen LogP contribution in [0.4, 0.5) is 0 Å². The first-order valence-corrected chi connectivity index (χ1v) is 9.90. The highest BCUT2D eigenvalue weighted by atomic mass is 32.2. The molecule has 3 rings (SSSR count). The van der Waals surface area contributed by atoms with Crippen LogP contribution in [-0.2, 0) is 17.1 Å². The lowest BCUT2D eigenvalue weighted by Crippen LogP contribution is -2.34. The SMILES string of the molecule is Cc1nn(C)c(C)c1S(=O)(=O)N1CCCC[C@H](c2ccccc2)C1. The quantitative estimate of drug-likeness (QED) is 0.858. The first-order chi connectivity index (χ1) is 11.4. The lowest BCUT2D eigenvalue weighted by atomic mass is 9.95. The van der Waals surface area contributed by atoms with Gasteiger partial charge in [0.2, 0.25) is 10.0 Å². The Morgan fingerprint density at radius 2 is 1.83 bits per heavy atom. The Hall–Kier alpha value is -1.66. The molecule has 5 nitrogen and oxygen atoms in total. The van der Waals surface area contributed by atoms with E-state index in [0.717, 1.165) is 19.3 Å². The molecule has 1 saturated heterocycles. The van der Waals surface area contributed by atoms with E-state index >= 15 is 0 Å². The Morgan fingerprint density at radius 1 is 1.12 bits per heavy atom. The van der Waals surface area contributed by atoms with Gasteiger partial charge in [-0.1, -0.05) is 36.8 Å². The van der Waals surface area contributed by atoms with Crippen molar-refractivity contribution in [2.24, 2.45) is 7.05 Å². The minimum absolute atomic E-state index is 0.251. The number of aromatic nitrogens is 2. The molecule has 0 bridgehead atoms. The second-order valence-corrected chi connectivity index (χ2v) is 8.46. The van der Waals surface area contributed by atoms with Crippen molar-refractivity contribution in [3.05, 3.63) is 47.3 Å². The summed E-state index contributed by atoms with van der Waals surface area (Å²) < 4.78 is 29.8. The number of aryl methyl sites for hydroxylation is 2. The minimum Gasteiger partial charge on any atom is -0.271 e. The standard InChI is InChI=1S/C18H25N3O2S/c1-14-18(15(2)20(3)19-14)24(22,23)21-12-8-7-11-17(13-21)16-9-5-4-6-10-16/h4-6,9-10,17H,7-8,11-13H2,1-3H3/t17-/m0/s1. The van der Waals surface area contributed by atoms with Gasteiger partial charge in [0.1, 0.15) is 4.90 Å². The molecule has 0 saturated carbocycles. The highest BCUT2D eigenvalue weighted by molar-refractivity contribution is 7.89. The van der Waals surface area contributed by atoms with Crippen LogP contribution in [0, 0.1) is 13.8 Å². The maximum absolute atomic E-state index is 13.2. The van der Waals surface area contributed by atoms with Crippen molar-refractivity contribution in [1.29, 1.82) is 0 Å². The van der Waals surface area contributed by atoms with E-state index < -0.39 is 10.0 Å². The largest absolute Gasteiger partial charge is 0.271 e. The van der Waals surface area contributed by atoms with E-state index in [1.54, 1.807) is 23.0 Å². The molecule has 1 fully saturated rings. The summed E-state index contributed by atoms with van der Waals surface area (Å²) in [6, 6.07) is 10.2. The fourth-order valence-electron chi connectivity index (χ4n) is 3.58. The molecule has 0 radical (unpaired) electrons. The summed E-state index contributed by atoms with van der Waals surface area (Å²) in [5, 5.41) is 4.28. The van der Waals surface area contributed by atoms with Gasteiger partial charge in [-0.3, -0.25) is 4.68 Å². The van der Waals surface area contributed by atoms with Gasteiger partial charge in [0.15, 0.2) is 0 Å². The third kappa shape index (κ3) is 3.13. The maximum atomic E-state index is 13.2. The van der Waals surface area contributed by atoms with Gasteiger partial charge in [0.25, 0.3) is 0 Å². The van der Waals surface area contributed by atoms with E-state index in [9.17, 15) is 8.42 Å². The Morgan fingerprint density at radius 3 is 2.46 bits per heavy atom. The summed E-state index contributed by atoms with van der Waals surface area (Å²) in [4.78, 5) is 0.374. The smallest absolute Gasteiger partial charge is 0.246 e. The predicted octanol–water partition coefficient (Wildman–Crippen LogP) is 3.00. The molecular weight excluding hydrogens is 322 g/mol. The van der Waals surface area contributed by atoms with Gasteiger partial charge in [-0.05, 0) is 38.2 Å². The van der Waals surface area contributed by atoms with E-state index in [-0.39, 0.29) is 5.92 Å². The van der Waals surface area contributed by atoms with E-state index in [2.05, 4.69) is 17.2 Å². The van der Waals surface area contributed by atoms with Gasteiger partial charge in [-0.2, -0.15) is 9.40 Å². The molecule has 24 heavy (non-hydrogen) atoms. The fraction of sp³-hybridized carbons (Fsp3) is 0.500. The second-order valence-electron chi connectivity index (χ2n) is 6.59. The number of benzene rings is 1. The topological polar surface area (TPSA) is 55.2 Å². The van der Waals surface area contributed by atoms with Gasteiger partial charge < -0.3 is 0 Å². The number of nitrogens with zero attached hydrogens (tertiary/aromatic N) is 3. The van der Waals surface area contributed by atoms with Crippen LogP contribution in [0.25, 0.3) is 0 Å². The molecule has 130 valence electrons. The number of hydrogen-bond donors (Lipinski definition) is 0. The van der Waals surface area contributed by atoms with Crippen LogP contribution in [0.3, 0.4) is 0 Å². The molecule has 1 aromatic heterocycles. The molecule has 1 atom stereocenters. The zero-order chi connectivity index (χ0) is 17.3. The summed E-state index contributed by atoms with van der Waals surface area (Å²) in [5.74, 6) is 0.251. The monoisotopic (exact) mass is 347 g/mol. The molecule has 0 aliphatic carbocycles. The molecule has 6 heteroatoms. The van der Waals surface area contributed by atoms with Crippen molar-refractivity contribution in [3.8, 4) is 0 Å². The van der Waals surface area contributed by atoms with E-state index in [0.29, 0.717) is 29.4 Å². The lowest BCUT2D eigenvalue weighted by molar-refractivity contribution is 0.405. The first kappa shape index (κ1) is 17.2. The van der Waals surface area contributed by atoms with E-state index in [1.807, 2.05) is 25.1 Å². The van der Waals surface area contributed by atoms with E-state index in [1.165, 1.54) is 5.56 Å². The Bertz CT molecular complexity index is 812. The average molecular weight is 347 g/mol. The zero-order valence-electron chi connectivity index (χ0n) is 14.6. The molecule has 1 aromatic carbocycles. The summed E-state index contributed by atoms with van der Waals surface area (Å²) in [5.41, 5.74) is 2.50. The molecule has 0 spiro atoms. The summed E-state index contributed by atoms with van der Waals surface area (Å²) >= 11 is 0. The van der Waals surface area contributed by atoms with Crippen LogP contribution in [0.5, 0.6) is 0 Å². The summed E-state index contributed by atoms with van der Waals surface area (Å²) in [6.07, 6.45) is 2.98. The van der Waals surface area contributed by atoms with Crippen LogP contribution >= 0.6 is 0 Å². The van der Waals surface area contributed by atoms with Crippen molar-refractivity contribution in [2.45, 2.75) is 43.9 Å². The molecule has 1 aliphatic heterocycles. The van der Waals surface area contributed by atoms with Crippen molar-refractivity contribution >= 4 is 10.0 Å². The highest BCUT2D eigenvalue weighted by Crippen LogP contribution is 2.31. The van der Waals surface area contributed by atoms with Gasteiger partial charge in [0.05, 0.1) is 11.4 Å². The fourth-order valence-corrected chi connectivity index (χ4v) is 5.50. The predicted molar refractivity (Wildman–Crippen MR) is 94.5 cm³/mol. The highest BCUT2D eigenvalue weighted by Gasteiger charge is 2.33. The van der Waals surface area contributed by atoms with Crippen molar-refractivity contribution in [2.75, 3.05) is 13.1 Å². The van der Waals surface area contributed by atoms with Crippen molar-refractivity contribution in [1.82, 2.24) is 14.1 Å². The van der Waals surface area contributed by atoms with Gasteiger partial charge in [-0.15, -0.1) is 0 Å². The summed E-state index contributed by atoms with van der Waals surface area (Å²) in [7, 11) is -1.73. The van der Waals surface area contributed by atoms with Gasteiger partial charge >= 0.3 is 0 Å². The van der Waals surface area contributed by atoms with Crippen LogP contribution < -0.4 is 0 Å². The number of sulfonamides is 1. The van der Waals surface area contributed by atoms with E-state index in [4.69, 9.17) is 0 Å². The molecule has 0 unspecified atom stereocenters. The molecular formula is C18H25N3O2S. The maximum Gasteiger partial charge on any atom is 0.246 e. The third-order valence-corrected chi connectivity index (χ3v) is 7.06. The molecule has 2 heterocycles. The Labute approximate surface area is 144 Å². The van der Waals surface area contributed by atoms with Crippen molar-refractivity contribution in [3.63, 3.8) is 0 Å². The molecule has 2 aromatic rings.